The van der Waals surface area contributed by atoms with Crippen molar-refractivity contribution in [1.82, 2.24) is 14.7 Å². The van der Waals surface area contributed by atoms with Gasteiger partial charge in [-0.15, -0.1) is 0 Å². The lowest BCUT2D eigenvalue weighted by atomic mass is 9.83. The number of likely N-dealkylation sites (tertiary alicyclic amines) is 1. The molecule has 5 nitrogen and oxygen atoms in total. The third-order valence-corrected chi connectivity index (χ3v) is 5.57. The highest BCUT2D eigenvalue weighted by Gasteiger charge is 2.32. The van der Waals surface area contributed by atoms with Crippen molar-refractivity contribution in [1.29, 1.82) is 0 Å². The predicted molar refractivity (Wildman–Crippen MR) is 99.2 cm³/mol. The Balaban J connectivity index is 1.44. The number of aliphatic hydroxyl groups excluding tert-OH is 1. The van der Waals surface area contributed by atoms with Crippen LogP contribution < -0.4 is 0 Å². The van der Waals surface area contributed by atoms with Crippen LogP contribution >= 0.6 is 0 Å². The Bertz CT molecular complexity index is 557. The Hall–Kier alpha value is -1.43. The molecule has 2 aliphatic heterocycles. The molecule has 2 saturated heterocycles. The van der Waals surface area contributed by atoms with Crippen LogP contribution in [0.25, 0.3) is 0 Å². The number of piperidine rings is 1. The molecule has 0 aromatic heterocycles. The molecule has 1 atom stereocenters. The third-order valence-electron chi connectivity index (χ3n) is 5.57. The first-order chi connectivity index (χ1) is 12.1. The van der Waals surface area contributed by atoms with Crippen molar-refractivity contribution >= 4 is 5.91 Å². The van der Waals surface area contributed by atoms with Crippen LogP contribution in [0.5, 0.6) is 0 Å². The maximum atomic E-state index is 12.6. The molecule has 25 heavy (non-hydrogen) atoms. The highest BCUT2D eigenvalue weighted by molar-refractivity contribution is 5.78. The van der Waals surface area contributed by atoms with Gasteiger partial charge in [0.25, 0.3) is 0 Å². The lowest BCUT2D eigenvalue weighted by Crippen LogP contribution is -2.53. The number of hydrogen-bond acceptors (Lipinski definition) is 4. The number of hydrogen-bond donors (Lipinski definition) is 1. The number of carbonyl (C=O) groups is 1. The van der Waals surface area contributed by atoms with Crippen LogP contribution in [-0.4, -0.2) is 78.1 Å². The van der Waals surface area contributed by atoms with E-state index in [0.717, 1.165) is 58.7 Å². The monoisotopic (exact) mass is 345 g/mol. The smallest absolute Gasteiger partial charge is 0.236 e. The van der Waals surface area contributed by atoms with Gasteiger partial charge in [0.15, 0.2) is 0 Å². The van der Waals surface area contributed by atoms with Crippen molar-refractivity contribution in [2.45, 2.75) is 26.3 Å². The average molecular weight is 345 g/mol. The van der Waals surface area contributed by atoms with E-state index < -0.39 is 0 Å². The van der Waals surface area contributed by atoms with Crippen molar-refractivity contribution in [2.75, 3.05) is 52.4 Å². The summed E-state index contributed by atoms with van der Waals surface area (Å²) in [6, 6.07) is 10.5. The number of benzene rings is 1. The van der Waals surface area contributed by atoms with Crippen molar-refractivity contribution in [3.8, 4) is 0 Å². The van der Waals surface area contributed by atoms with E-state index >= 15 is 0 Å². The minimum absolute atomic E-state index is 0.0487. The summed E-state index contributed by atoms with van der Waals surface area (Å²) in [5, 5.41) is 9.57. The summed E-state index contributed by atoms with van der Waals surface area (Å²) in [4.78, 5) is 19.3. The summed E-state index contributed by atoms with van der Waals surface area (Å²) in [5.41, 5.74) is 1.28. The molecule has 2 heterocycles. The van der Waals surface area contributed by atoms with Gasteiger partial charge in [-0.2, -0.15) is 0 Å². The van der Waals surface area contributed by atoms with E-state index in [1.807, 2.05) is 11.0 Å². The highest BCUT2D eigenvalue weighted by atomic mass is 16.3. The molecule has 2 fully saturated rings. The Morgan fingerprint density at radius 3 is 2.48 bits per heavy atom. The van der Waals surface area contributed by atoms with Gasteiger partial charge in [-0.25, -0.2) is 0 Å². The van der Waals surface area contributed by atoms with Gasteiger partial charge in [0.1, 0.15) is 0 Å². The highest BCUT2D eigenvalue weighted by Crippen LogP contribution is 2.28. The number of rotatable bonds is 5. The largest absolute Gasteiger partial charge is 0.396 e. The van der Waals surface area contributed by atoms with Crippen molar-refractivity contribution in [3.05, 3.63) is 35.9 Å². The molecule has 0 radical (unpaired) electrons. The van der Waals surface area contributed by atoms with E-state index in [0.29, 0.717) is 6.54 Å². The Kier molecular flexibility index (Phi) is 6.10. The van der Waals surface area contributed by atoms with Gasteiger partial charge in [0, 0.05) is 51.3 Å². The van der Waals surface area contributed by atoms with Gasteiger partial charge >= 0.3 is 0 Å². The molecule has 5 heteroatoms. The van der Waals surface area contributed by atoms with E-state index in [-0.39, 0.29) is 17.9 Å². The molecule has 0 aliphatic carbocycles. The van der Waals surface area contributed by atoms with E-state index in [4.69, 9.17) is 0 Å². The fourth-order valence-corrected chi connectivity index (χ4v) is 3.98. The topological polar surface area (TPSA) is 47.0 Å². The van der Waals surface area contributed by atoms with E-state index in [2.05, 4.69) is 41.0 Å². The zero-order valence-corrected chi connectivity index (χ0v) is 15.4. The Morgan fingerprint density at radius 2 is 1.80 bits per heavy atom. The van der Waals surface area contributed by atoms with Crippen LogP contribution in [-0.2, 0) is 11.3 Å². The minimum atomic E-state index is -0.0487. The predicted octanol–water partition coefficient (Wildman–Crippen LogP) is 1.43. The molecular weight excluding hydrogens is 314 g/mol. The number of carbonyl (C=O) groups excluding carboxylic acids is 1. The molecule has 1 aromatic carbocycles. The number of piperazine rings is 1. The van der Waals surface area contributed by atoms with Crippen LogP contribution in [0, 0.1) is 5.41 Å². The molecule has 3 rings (SSSR count). The van der Waals surface area contributed by atoms with Crippen molar-refractivity contribution in [2.24, 2.45) is 5.41 Å². The summed E-state index contributed by atoms with van der Waals surface area (Å²) in [5.74, 6) is 0.238. The van der Waals surface area contributed by atoms with E-state index in [1.165, 1.54) is 5.56 Å². The maximum Gasteiger partial charge on any atom is 0.236 e. The van der Waals surface area contributed by atoms with Crippen LogP contribution in [0.4, 0.5) is 0 Å². The van der Waals surface area contributed by atoms with E-state index in [9.17, 15) is 9.90 Å². The van der Waals surface area contributed by atoms with Crippen LogP contribution in [0.1, 0.15) is 25.3 Å². The molecule has 1 amide bonds. The molecule has 1 aromatic rings. The number of nitrogens with zero attached hydrogens (tertiary/aromatic N) is 3. The average Bonchev–Trinajstić information content (AvgIpc) is 2.63. The Morgan fingerprint density at radius 1 is 1.08 bits per heavy atom. The first-order valence-corrected chi connectivity index (χ1v) is 9.45. The third kappa shape index (κ3) is 5.03. The zero-order chi connectivity index (χ0) is 17.7. The lowest BCUT2D eigenvalue weighted by molar-refractivity contribution is -0.135. The van der Waals surface area contributed by atoms with Gasteiger partial charge < -0.3 is 10.0 Å². The minimum Gasteiger partial charge on any atom is -0.396 e. The normalized spacial score (nSPS) is 25.9. The summed E-state index contributed by atoms with van der Waals surface area (Å²) in [6.07, 6.45) is 2.11. The maximum absolute atomic E-state index is 12.6. The van der Waals surface area contributed by atoms with Crippen LogP contribution in [0.15, 0.2) is 30.3 Å². The van der Waals surface area contributed by atoms with Gasteiger partial charge in [-0.05, 0) is 24.9 Å². The molecule has 0 saturated carbocycles. The fraction of sp³-hybridized carbons (Fsp3) is 0.650. The Labute approximate surface area is 151 Å². The zero-order valence-electron chi connectivity index (χ0n) is 15.4. The molecule has 2 aliphatic rings. The second-order valence-electron chi connectivity index (χ2n) is 7.93. The van der Waals surface area contributed by atoms with Crippen molar-refractivity contribution in [3.63, 3.8) is 0 Å². The first-order valence-electron chi connectivity index (χ1n) is 9.45. The van der Waals surface area contributed by atoms with E-state index in [1.54, 1.807) is 0 Å². The van der Waals surface area contributed by atoms with Gasteiger partial charge in [0.05, 0.1) is 6.54 Å². The van der Waals surface area contributed by atoms with Crippen LogP contribution in [0.2, 0.25) is 0 Å². The summed E-state index contributed by atoms with van der Waals surface area (Å²) >= 11 is 0. The molecule has 138 valence electrons. The molecule has 0 bridgehead atoms. The van der Waals surface area contributed by atoms with Gasteiger partial charge in [0.2, 0.25) is 5.91 Å². The molecule has 1 unspecified atom stereocenters. The fourth-order valence-electron chi connectivity index (χ4n) is 3.98. The standard InChI is InChI=1S/C20H31N3O2/c1-20(17-24)8-5-9-22(16-20)15-19(25)23-12-10-21(11-13-23)14-18-6-3-2-4-7-18/h2-4,6-7,24H,5,8-17H2,1H3. The molecule has 1 N–H and O–H groups in total. The first kappa shape index (κ1) is 18.4. The number of aliphatic hydroxyl groups is 1. The molecular formula is C20H31N3O2. The van der Waals surface area contributed by atoms with Gasteiger partial charge in [-0.1, -0.05) is 37.3 Å². The number of amides is 1. The van der Waals surface area contributed by atoms with Gasteiger partial charge in [-0.3, -0.25) is 14.6 Å². The lowest BCUT2D eigenvalue weighted by Gasteiger charge is -2.40. The second-order valence-corrected chi connectivity index (χ2v) is 7.93. The summed E-state index contributed by atoms with van der Waals surface area (Å²) in [6.45, 7) is 9.08. The summed E-state index contributed by atoms with van der Waals surface area (Å²) in [7, 11) is 0. The molecule has 0 spiro atoms. The van der Waals surface area contributed by atoms with Crippen LogP contribution in [0.3, 0.4) is 0 Å². The summed E-state index contributed by atoms with van der Waals surface area (Å²) < 4.78 is 0. The SMILES string of the molecule is CC1(CO)CCCN(CC(=O)N2CCN(Cc3ccccc3)CC2)C1. The van der Waals surface area contributed by atoms with Crippen molar-refractivity contribution < 1.29 is 9.90 Å². The second kappa shape index (κ2) is 8.30. The quantitative estimate of drug-likeness (QED) is 0.877.